The van der Waals surface area contributed by atoms with Crippen molar-refractivity contribution in [2.75, 3.05) is 29.9 Å². The van der Waals surface area contributed by atoms with Crippen molar-refractivity contribution in [1.82, 2.24) is 25.2 Å². The van der Waals surface area contributed by atoms with Gasteiger partial charge in [0.05, 0.1) is 23.4 Å². The lowest BCUT2D eigenvalue weighted by Gasteiger charge is -2.37. The molecular weight excluding hydrogens is 731 g/mol. The molecule has 2 aliphatic heterocycles. The van der Waals surface area contributed by atoms with Gasteiger partial charge in [0.15, 0.2) is 0 Å². The molecular formula is C46H43N7O5. The van der Waals surface area contributed by atoms with E-state index in [0.29, 0.717) is 54.9 Å². The largest absolute Gasteiger partial charge is 0.390 e. The van der Waals surface area contributed by atoms with E-state index in [0.717, 1.165) is 44.1 Å². The summed E-state index contributed by atoms with van der Waals surface area (Å²) in [7, 11) is 1.81. The smallest absolute Gasteiger partial charge is 0.270 e. The van der Waals surface area contributed by atoms with Gasteiger partial charge in [0.25, 0.3) is 11.5 Å². The van der Waals surface area contributed by atoms with Crippen molar-refractivity contribution >= 4 is 50.8 Å². The minimum atomic E-state index is -0.686. The van der Waals surface area contributed by atoms with Crippen LogP contribution in [-0.2, 0) is 16.6 Å². The maximum absolute atomic E-state index is 13.1. The van der Waals surface area contributed by atoms with E-state index in [1.54, 1.807) is 16.8 Å². The molecule has 1 atom stereocenters. The lowest BCUT2D eigenvalue weighted by atomic mass is 9.91. The van der Waals surface area contributed by atoms with Gasteiger partial charge in [0.2, 0.25) is 11.8 Å². The summed E-state index contributed by atoms with van der Waals surface area (Å²) in [4.78, 5) is 61.1. The number of carbonyl (C=O) groups is 3. The van der Waals surface area contributed by atoms with E-state index in [1.807, 2.05) is 81.7 Å². The summed E-state index contributed by atoms with van der Waals surface area (Å²) < 4.78 is 1.72. The number of imide groups is 1. The monoisotopic (exact) mass is 773 g/mol. The fourth-order valence-electron chi connectivity index (χ4n) is 7.68. The number of nitrogens with zero attached hydrogens (tertiary/aromatic N) is 4. The van der Waals surface area contributed by atoms with Gasteiger partial charge >= 0.3 is 0 Å². The minimum absolute atomic E-state index is 0.0340. The first-order valence-corrected chi connectivity index (χ1v) is 19.4. The first-order chi connectivity index (χ1) is 27.9. The van der Waals surface area contributed by atoms with Gasteiger partial charge in [-0.25, -0.2) is 0 Å². The summed E-state index contributed by atoms with van der Waals surface area (Å²) >= 11 is 0. The molecule has 3 amide bonds. The van der Waals surface area contributed by atoms with Gasteiger partial charge in [-0.3, -0.25) is 34.5 Å². The average molecular weight is 774 g/mol. The van der Waals surface area contributed by atoms with Crippen molar-refractivity contribution in [2.24, 2.45) is 7.05 Å². The Morgan fingerprint density at radius 1 is 0.948 bits per heavy atom. The Kier molecular flexibility index (Phi) is 10.2. The van der Waals surface area contributed by atoms with Crippen LogP contribution in [0.1, 0.15) is 54.2 Å². The summed E-state index contributed by atoms with van der Waals surface area (Å²) in [5.74, 6) is 5.02. The van der Waals surface area contributed by atoms with E-state index in [2.05, 4.69) is 55.9 Å². The number of hydrogen-bond donors (Lipinski definition) is 4. The van der Waals surface area contributed by atoms with E-state index in [4.69, 9.17) is 4.98 Å². The van der Waals surface area contributed by atoms with Crippen molar-refractivity contribution in [3.63, 3.8) is 0 Å². The molecule has 0 radical (unpaired) electrons. The molecule has 0 spiro atoms. The Morgan fingerprint density at radius 3 is 2.53 bits per heavy atom. The third-order valence-electron chi connectivity index (χ3n) is 11.1. The van der Waals surface area contributed by atoms with Crippen LogP contribution in [0.5, 0.6) is 0 Å². The number of fused-ring (bicyclic) bond motifs is 2. The topological polar surface area (TPSA) is 159 Å². The number of nitrogens with one attached hydrogen (secondary N) is 3. The molecule has 2 fully saturated rings. The number of amides is 3. The molecule has 0 aliphatic carbocycles. The van der Waals surface area contributed by atoms with Crippen molar-refractivity contribution in [3.8, 4) is 34.2 Å². The predicted octanol–water partition coefficient (Wildman–Crippen LogP) is 5.47. The molecule has 8 rings (SSSR count). The molecule has 2 aliphatic rings. The zero-order valence-electron chi connectivity index (χ0n) is 32.6. The van der Waals surface area contributed by atoms with Gasteiger partial charge < -0.3 is 25.2 Å². The Labute approximate surface area is 335 Å². The van der Waals surface area contributed by atoms with Gasteiger partial charge in [-0.2, -0.15) is 0 Å². The molecule has 6 aromatic rings. The van der Waals surface area contributed by atoms with Gasteiger partial charge in [-0.05, 0) is 104 Å². The number of aryl methyl sites for hydroxylation is 2. The van der Waals surface area contributed by atoms with E-state index >= 15 is 0 Å². The molecule has 292 valence electrons. The quantitative estimate of drug-likeness (QED) is 0.122. The number of aromatic nitrogens is 3. The first kappa shape index (κ1) is 38.1. The molecule has 58 heavy (non-hydrogen) atoms. The Balaban J connectivity index is 0.984. The fourth-order valence-corrected chi connectivity index (χ4v) is 7.68. The van der Waals surface area contributed by atoms with Gasteiger partial charge in [0.1, 0.15) is 11.7 Å². The molecule has 1 unspecified atom stereocenters. The molecule has 12 heteroatoms. The molecule has 0 bridgehead atoms. The second-order valence-electron chi connectivity index (χ2n) is 15.3. The maximum atomic E-state index is 13.1. The summed E-state index contributed by atoms with van der Waals surface area (Å²) in [6, 6.07) is 24.7. The van der Waals surface area contributed by atoms with Gasteiger partial charge in [0, 0.05) is 77.8 Å². The van der Waals surface area contributed by atoms with Crippen molar-refractivity contribution in [3.05, 3.63) is 118 Å². The summed E-state index contributed by atoms with van der Waals surface area (Å²) in [6.07, 6.45) is 5.53. The molecule has 4 N–H and O–H groups in total. The van der Waals surface area contributed by atoms with Crippen LogP contribution >= 0.6 is 0 Å². The van der Waals surface area contributed by atoms with Crippen molar-refractivity contribution in [1.29, 1.82) is 0 Å². The lowest BCUT2D eigenvalue weighted by Crippen LogP contribution is -2.47. The van der Waals surface area contributed by atoms with Crippen LogP contribution in [0.2, 0.25) is 0 Å². The van der Waals surface area contributed by atoms with Crippen LogP contribution in [-0.4, -0.2) is 68.6 Å². The number of pyridine rings is 3. The highest BCUT2D eigenvalue weighted by Crippen LogP contribution is 2.39. The van der Waals surface area contributed by atoms with E-state index in [9.17, 15) is 24.3 Å². The Hall–Kier alpha value is -6.84. The molecule has 3 aromatic carbocycles. The van der Waals surface area contributed by atoms with Crippen LogP contribution in [0.3, 0.4) is 0 Å². The average Bonchev–Trinajstić information content (AvgIpc) is 3.22. The SMILES string of the molecule is Cc1cc2c(-c3cccc4cc(-c5ccc(C(=O)NCC#Cc6cccc(NC7CCC(=O)NC7=O)c6)nc5)ncc34)cc(N3CCC(C)(O)CC3)cc2n(C)c1=O. The third kappa shape index (κ3) is 7.90. The lowest BCUT2D eigenvalue weighted by molar-refractivity contribution is -0.133. The highest BCUT2D eigenvalue weighted by Gasteiger charge is 2.29. The zero-order valence-corrected chi connectivity index (χ0v) is 32.6. The molecule has 0 saturated carbocycles. The van der Waals surface area contributed by atoms with E-state index < -0.39 is 11.6 Å². The maximum Gasteiger partial charge on any atom is 0.270 e. The molecule has 2 saturated heterocycles. The van der Waals surface area contributed by atoms with Crippen molar-refractivity contribution < 1.29 is 19.5 Å². The zero-order chi connectivity index (χ0) is 40.6. The second kappa shape index (κ2) is 15.6. The number of aliphatic hydroxyl groups is 1. The summed E-state index contributed by atoms with van der Waals surface area (Å²) in [5, 5.41) is 21.8. The van der Waals surface area contributed by atoms with Crippen LogP contribution in [0.4, 0.5) is 11.4 Å². The standard InChI is InChI=1S/C46H43N7O5/c1-28-21-36-35(24-33(25-41(36)52(3)45(28)57)53-19-16-46(2,58)17-20-53)34-11-5-9-30-23-40(49-27-37(30)34)31-12-13-38(48-26-31)43(55)47-18-6-8-29-7-4-10-32(22-29)50-39-14-15-42(54)51-44(39)56/h4-5,7,9-13,21-27,39,50,58H,14-20H2,1-3H3,(H,47,55)(H,51,54,56). The Morgan fingerprint density at radius 2 is 1.76 bits per heavy atom. The Bertz CT molecular complexity index is 2740. The summed E-state index contributed by atoms with van der Waals surface area (Å²) in [5.41, 5.74) is 6.93. The number of benzene rings is 3. The first-order valence-electron chi connectivity index (χ1n) is 19.4. The number of carbonyl (C=O) groups excluding carboxylic acids is 3. The molecule has 12 nitrogen and oxygen atoms in total. The number of piperidine rings is 2. The number of anilines is 2. The van der Waals surface area contributed by atoms with Crippen LogP contribution in [0, 0.1) is 18.8 Å². The number of hydrogen-bond acceptors (Lipinski definition) is 9. The van der Waals surface area contributed by atoms with E-state index in [1.165, 1.54) is 0 Å². The van der Waals surface area contributed by atoms with Gasteiger partial charge in [-0.15, -0.1) is 0 Å². The summed E-state index contributed by atoms with van der Waals surface area (Å²) in [6.45, 7) is 5.26. The van der Waals surface area contributed by atoms with E-state index in [-0.39, 0.29) is 41.9 Å². The van der Waals surface area contributed by atoms with Crippen LogP contribution in [0.25, 0.3) is 44.1 Å². The fraction of sp³-hybridized carbons (Fsp3) is 0.261. The number of rotatable bonds is 7. The predicted molar refractivity (Wildman–Crippen MR) is 225 cm³/mol. The normalized spacial score (nSPS) is 16.4. The second-order valence-corrected chi connectivity index (χ2v) is 15.3. The van der Waals surface area contributed by atoms with Crippen LogP contribution < -0.4 is 26.4 Å². The minimum Gasteiger partial charge on any atom is -0.390 e. The molecule has 3 aromatic heterocycles. The third-order valence-corrected chi connectivity index (χ3v) is 11.1. The van der Waals surface area contributed by atoms with Crippen LogP contribution in [0.15, 0.2) is 96.1 Å². The highest BCUT2D eigenvalue weighted by atomic mass is 16.3. The van der Waals surface area contributed by atoms with Crippen molar-refractivity contribution in [2.45, 2.75) is 51.2 Å². The van der Waals surface area contributed by atoms with Gasteiger partial charge in [-0.1, -0.05) is 36.1 Å². The highest BCUT2D eigenvalue weighted by molar-refractivity contribution is 6.06. The molecule has 5 heterocycles.